The Balaban J connectivity index is 2.16. The van der Waals surface area contributed by atoms with Crippen molar-refractivity contribution in [1.29, 1.82) is 0 Å². The highest BCUT2D eigenvalue weighted by Gasteiger charge is 2.15. The molecule has 4 heteroatoms. The molecule has 0 spiro atoms. The molecule has 1 amide bonds. The number of nitrogens with zero attached hydrogens (tertiary/aromatic N) is 1. The summed E-state index contributed by atoms with van der Waals surface area (Å²) in [6.07, 6.45) is 3.03. The Labute approximate surface area is 117 Å². The van der Waals surface area contributed by atoms with Crippen LogP contribution in [0.1, 0.15) is 34.5 Å². The van der Waals surface area contributed by atoms with Gasteiger partial charge in [-0.05, 0) is 31.0 Å². The average Bonchev–Trinajstić information content (AvgIpc) is 2.39. The molecule has 1 N–H and O–H groups in total. The smallest absolute Gasteiger partial charge is 0.254 e. The Morgan fingerprint density at radius 2 is 2.05 bits per heavy atom. The number of benzene rings is 1. The van der Waals surface area contributed by atoms with E-state index in [0.717, 1.165) is 11.1 Å². The summed E-state index contributed by atoms with van der Waals surface area (Å²) in [6.45, 7) is 3.97. The number of rotatable bonds is 3. The Bertz CT molecular complexity index is 598. The number of carbonyl (C=O) groups is 1. The summed E-state index contributed by atoms with van der Waals surface area (Å²) in [5, 5.41) is 3.34. The maximum absolute atomic E-state index is 12.1. The fraction of sp³-hybridized carbons (Fsp3) is 0.200. The largest absolute Gasteiger partial charge is 0.345 e. The van der Waals surface area contributed by atoms with Gasteiger partial charge in [0.1, 0.15) is 0 Å². The Kier molecular flexibility index (Phi) is 4.17. The summed E-state index contributed by atoms with van der Waals surface area (Å²) in [5.41, 5.74) is 2.63. The van der Waals surface area contributed by atoms with Gasteiger partial charge in [-0.1, -0.05) is 35.9 Å². The standard InChI is InChI=1S/C15H15ClN2O/c1-10-5-3-4-6-12(10)11(2)18-15(19)13-9-17-8-7-14(13)16/h3-9,11H,1-2H3,(H,18,19). The van der Waals surface area contributed by atoms with E-state index >= 15 is 0 Å². The lowest BCUT2D eigenvalue weighted by atomic mass is 10.0. The molecule has 0 bridgehead atoms. The summed E-state index contributed by atoms with van der Waals surface area (Å²) in [7, 11) is 0. The molecule has 1 aromatic heterocycles. The maximum atomic E-state index is 12.1. The van der Waals surface area contributed by atoms with Gasteiger partial charge in [-0.3, -0.25) is 9.78 Å². The number of carbonyl (C=O) groups excluding carboxylic acids is 1. The van der Waals surface area contributed by atoms with Crippen molar-refractivity contribution < 1.29 is 4.79 Å². The zero-order valence-electron chi connectivity index (χ0n) is 10.9. The van der Waals surface area contributed by atoms with E-state index in [1.54, 1.807) is 12.3 Å². The Morgan fingerprint density at radius 1 is 1.32 bits per heavy atom. The SMILES string of the molecule is Cc1ccccc1C(C)NC(=O)c1cnccc1Cl. The first kappa shape index (κ1) is 13.6. The van der Waals surface area contributed by atoms with Crippen LogP contribution in [0.15, 0.2) is 42.7 Å². The van der Waals surface area contributed by atoms with Crippen molar-refractivity contribution in [2.75, 3.05) is 0 Å². The quantitative estimate of drug-likeness (QED) is 0.930. The van der Waals surface area contributed by atoms with Crippen molar-refractivity contribution in [3.63, 3.8) is 0 Å². The summed E-state index contributed by atoms with van der Waals surface area (Å²) in [4.78, 5) is 16.0. The molecule has 3 nitrogen and oxygen atoms in total. The van der Waals surface area contributed by atoms with Crippen LogP contribution in [-0.2, 0) is 0 Å². The molecule has 1 atom stereocenters. The van der Waals surface area contributed by atoms with Gasteiger partial charge in [-0.2, -0.15) is 0 Å². The first-order valence-corrected chi connectivity index (χ1v) is 6.43. The molecule has 1 heterocycles. The molecular formula is C15H15ClN2O. The van der Waals surface area contributed by atoms with Crippen molar-refractivity contribution in [3.8, 4) is 0 Å². The van der Waals surface area contributed by atoms with Crippen LogP contribution in [0.4, 0.5) is 0 Å². The van der Waals surface area contributed by atoms with Crippen LogP contribution in [0.25, 0.3) is 0 Å². The van der Waals surface area contributed by atoms with E-state index in [1.807, 2.05) is 38.1 Å². The third kappa shape index (κ3) is 3.12. The van der Waals surface area contributed by atoms with Crippen LogP contribution in [0.5, 0.6) is 0 Å². The van der Waals surface area contributed by atoms with Crippen LogP contribution in [0.2, 0.25) is 5.02 Å². The van der Waals surface area contributed by atoms with Crippen LogP contribution < -0.4 is 5.32 Å². The molecule has 19 heavy (non-hydrogen) atoms. The zero-order chi connectivity index (χ0) is 13.8. The predicted octanol–water partition coefficient (Wildman–Crippen LogP) is 3.53. The third-order valence-corrected chi connectivity index (χ3v) is 3.34. The second kappa shape index (κ2) is 5.85. The van der Waals surface area contributed by atoms with E-state index < -0.39 is 0 Å². The number of hydrogen-bond acceptors (Lipinski definition) is 2. The molecule has 2 rings (SSSR count). The van der Waals surface area contributed by atoms with Gasteiger partial charge >= 0.3 is 0 Å². The van der Waals surface area contributed by atoms with E-state index in [0.29, 0.717) is 10.6 Å². The number of halogens is 1. The lowest BCUT2D eigenvalue weighted by Crippen LogP contribution is -2.27. The first-order valence-electron chi connectivity index (χ1n) is 6.05. The van der Waals surface area contributed by atoms with Gasteiger partial charge in [0.05, 0.1) is 16.6 Å². The van der Waals surface area contributed by atoms with Crippen LogP contribution in [-0.4, -0.2) is 10.9 Å². The van der Waals surface area contributed by atoms with E-state index in [2.05, 4.69) is 10.3 Å². The molecule has 0 saturated carbocycles. The van der Waals surface area contributed by atoms with Gasteiger partial charge in [-0.15, -0.1) is 0 Å². The van der Waals surface area contributed by atoms with E-state index in [9.17, 15) is 4.79 Å². The molecule has 0 fully saturated rings. The molecule has 0 aliphatic heterocycles. The topological polar surface area (TPSA) is 42.0 Å². The van der Waals surface area contributed by atoms with Crippen molar-refractivity contribution in [3.05, 3.63) is 64.4 Å². The molecule has 1 unspecified atom stereocenters. The molecule has 0 saturated heterocycles. The molecule has 0 aliphatic carbocycles. The minimum Gasteiger partial charge on any atom is -0.345 e. The van der Waals surface area contributed by atoms with Gasteiger partial charge in [0.15, 0.2) is 0 Å². The number of hydrogen-bond donors (Lipinski definition) is 1. The molecular weight excluding hydrogens is 260 g/mol. The van der Waals surface area contributed by atoms with Gasteiger partial charge in [-0.25, -0.2) is 0 Å². The van der Waals surface area contributed by atoms with Gasteiger partial charge in [0, 0.05) is 12.4 Å². The summed E-state index contributed by atoms with van der Waals surface area (Å²) >= 11 is 5.98. The fourth-order valence-electron chi connectivity index (χ4n) is 1.97. The molecule has 2 aromatic rings. The summed E-state index contributed by atoms with van der Waals surface area (Å²) in [6, 6.07) is 9.49. The fourth-order valence-corrected chi connectivity index (χ4v) is 2.16. The minimum atomic E-state index is -0.214. The maximum Gasteiger partial charge on any atom is 0.254 e. The number of amides is 1. The zero-order valence-corrected chi connectivity index (χ0v) is 11.6. The highest BCUT2D eigenvalue weighted by Crippen LogP contribution is 2.19. The van der Waals surface area contributed by atoms with Crippen molar-refractivity contribution in [1.82, 2.24) is 10.3 Å². The average molecular weight is 275 g/mol. The minimum absolute atomic E-state index is 0.0787. The summed E-state index contributed by atoms with van der Waals surface area (Å²) in [5.74, 6) is -0.214. The monoisotopic (exact) mass is 274 g/mol. The second-order valence-electron chi connectivity index (χ2n) is 4.41. The first-order chi connectivity index (χ1) is 9.09. The van der Waals surface area contributed by atoms with Gasteiger partial charge in [0.25, 0.3) is 5.91 Å². The molecule has 0 aliphatic rings. The van der Waals surface area contributed by atoms with Crippen molar-refractivity contribution in [2.45, 2.75) is 19.9 Å². The lowest BCUT2D eigenvalue weighted by Gasteiger charge is -2.16. The van der Waals surface area contributed by atoms with Crippen molar-refractivity contribution in [2.24, 2.45) is 0 Å². The van der Waals surface area contributed by atoms with E-state index in [-0.39, 0.29) is 11.9 Å². The van der Waals surface area contributed by atoms with Crippen LogP contribution in [0, 0.1) is 6.92 Å². The van der Waals surface area contributed by atoms with E-state index in [4.69, 9.17) is 11.6 Å². The Morgan fingerprint density at radius 3 is 2.74 bits per heavy atom. The van der Waals surface area contributed by atoms with Crippen LogP contribution in [0.3, 0.4) is 0 Å². The molecule has 98 valence electrons. The molecule has 1 aromatic carbocycles. The summed E-state index contributed by atoms with van der Waals surface area (Å²) < 4.78 is 0. The van der Waals surface area contributed by atoms with Crippen molar-refractivity contribution >= 4 is 17.5 Å². The third-order valence-electron chi connectivity index (χ3n) is 3.02. The molecule has 0 radical (unpaired) electrons. The highest BCUT2D eigenvalue weighted by molar-refractivity contribution is 6.33. The van der Waals surface area contributed by atoms with Crippen LogP contribution >= 0.6 is 11.6 Å². The van der Waals surface area contributed by atoms with Gasteiger partial charge in [0.2, 0.25) is 0 Å². The highest BCUT2D eigenvalue weighted by atomic mass is 35.5. The normalized spacial score (nSPS) is 11.9. The number of aromatic nitrogens is 1. The second-order valence-corrected chi connectivity index (χ2v) is 4.81. The van der Waals surface area contributed by atoms with Gasteiger partial charge < -0.3 is 5.32 Å². The number of nitrogens with one attached hydrogen (secondary N) is 1. The number of aryl methyl sites for hydroxylation is 1. The lowest BCUT2D eigenvalue weighted by molar-refractivity contribution is 0.0939. The van der Waals surface area contributed by atoms with E-state index in [1.165, 1.54) is 6.20 Å². The predicted molar refractivity (Wildman–Crippen MR) is 76.3 cm³/mol. The Hall–Kier alpha value is -1.87. The number of pyridine rings is 1.